The van der Waals surface area contributed by atoms with Gasteiger partial charge in [-0.25, -0.2) is 17.2 Å². The molecule has 1 aliphatic rings. The highest BCUT2D eigenvalue weighted by atomic mass is 35.7. The third-order valence-corrected chi connectivity index (χ3v) is 4.98. The van der Waals surface area contributed by atoms with Crippen molar-refractivity contribution in [1.29, 1.82) is 0 Å². The maximum Gasteiger partial charge on any atom is 0.265 e. The van der Waals surface area contributed by atoms with Gasteiger partial charge in [0.15, 0.2) is 11.6 Å². The molecule has 1 fully saturated rings. The van der Waals surface area contributed by atoms with Crippen molar-refractivity contribution in [3.05, 3.63) is 23.8 Å². The smallest absolute Gasteiger partial charge is 0.265 e. The van der Waals surface area contributed by atoms with Gasteiger partial charge in [0.1, 0.15) is 10.7 Å². The van der Waals surface area contributed by atoms with Crippen molar-refractivity contribution in [3.8, 4) is 5.75 Å². The molecule has 0 N–H and O–H groups in total. The molecule has 3 nitrogen and oxygen atoms in total. The van der Waals surface area contributed by atoms with E-state index in [9.17, 15) is 17.2 Å². The van der Waals surface area contributed by atoms with Crippen LogP contribution in [0.2, 0.25) is 0 Å². The Labute approximate surface area is 127 Å². The first-order chi connectivity index (χ1) is 9.66. The minimum atomic E-state index is -4.29. The molecule has 2 atom stereocenters. The molecule has 1 saturated carbocycles. The van der Waals surface area contributed by atoms with E-state index < -0.39 is 31.3 Å². The van der Waals surface area contributed by atoms with Gasteiger partial charge in [0.2, 0.25) is 0 Å². The zero-order chi connectivity index (χ0) is 15.8. The van der Waals surface area contributed by atoms with E-state index in [2.05, 4.69) is 13.8 Å². The number of rotatable bonds is 3. The fourth-order valence-corrected chi connectivity index (χ4v) is 3.93. The van der Waals surface area contributed by atoms with Gasteiger partial charge in [0, 0.05) is 16.7 Å². The van der Waals surface area contributed by atoms with E-state index in [1.54, 1.807) is 0 Å². The monoisotopic (exact) mass is 338 g/mol. The fourth-order valence-electron chi connectivity index (χ4n) is 2.97. The molecule has 0 saturated heterocycles. The highest BCUT2D eigenvalue weighted by molar-refractivity contribution is 8.13. The van der Waals surface area contributed by atoms with Crippen LogP contribution in [-0.2, 0) is 9.05 Å². The zero-order valence-corrected chi connectivity index (χ0v) is 13.3. The number of ether oxygens (including phenoxy) is 1. The summed E-state index contributed by atoms with van der Waals surface area (Å²) in [7, 11) is 0.952. The Bertz CT molecular complexity index is 623. The van der Waals surface area contributed by atoms with Crippen LogP contribution in [0.15, 0.2) is 17.0 Å². The van der Waals surface area contributed by atoms with Crippen molar-refractivity contribution in [2.75, 3.05) is 0 Å². The van der Waals surface area contributed by atoms with E-state index in [1.807, 2.05) is 0 Å². The number of hydrogen-bond donors (Lipinski definition) is 0. The van der Waals surface area contributed by atoms with Gasteiger partial charge in [-0.1, -0.05) is 13.8 Å². The van der Waals surface area contributed by atoms with Crippen LogP contribution in [0.1, 0.15) is 33.1 Å². The summed E-state index contributed by atoms with van der Waals surface area (Å²) in [5.41, 5.74) is 0. The lowest BCUT2D eigenvalue weighted by Crippen LogP contribution is -2.29. The lowest BCUT2D eigenvalue weighted by Gasteiger charge is -2.32. The van der Waals surface area contributed by atoms with Gasteiger partial charge < -0.3 is 4.74 Å². The normalized spacial score (nSPS) is 26.6. The predicted molar refractivity (Wildman–Crippen MR) is 76.0 cm³/mol. The van der Waals surface area contributed by atoms with E-state index in [-0.39, 0.29) is 6.10 Å². The largest absolute Gasteiger partial charge is 0.486 e. The first-order valence-corrected chi connectivity index (χ1v) is 9.08. The van der Waals surface area contributed by atoms with Crippen molar-refractivity contribution in [3.63, 3.8) is 0 Å². The second-order valence-corrected chi connectivity index (χ2v) is 8.34. The van der Waals surface area contributed by atoms with Gasteiger partial charge in [-0.05, 0) is 37.2 Å². The number of hydrogen-bond acceptors (Lipinski definition) is 3. The number of halogens is 3. The van der Waals surface area contributed by atoms with Crippen LogP contribution in [0.25, 0.3) is 0 Å². The maximum absolute atomic E-state index is 13.9. The fraction of sp³-hybridized carbons (Fsp3) is 0.571. The van der Waals surface area contributed by atoms with Crippen molar-refractivity contribution in [2.45, 2.75) is 44.1 Å². The summed E-state index contributed by atoms with van der Waals surface area (Å²) in [6, 6.07) is 1.27. The standard InChI is InChI=1S/C14H17ClF2O3S/c1-8-3-9(2)5-11(4-8)20-14-12(17)6-10(16)7-13(14)21(15,18)19/h6-9,11H,3-5H2,1-2H3. The minimum Gasteiger partial charge on any atom is -0.486 e. The molecule has 2 unspecified atom stereocenters. The summed E-state index contributed by atoms with van der Waals surface area (Å²) in [5, 5.41) is 0. The average molecular weight is 339 g/mol. The molecule has 0 amide bonds. The lowest BCUT2D eigenvalue weighted by atomic mass is 9.82. The van der Waals surface area contributed by atoms with E-state index in [0.717, 1.165) is 6.42 Å². The van der Waals surface area contributed by atoms with Gasteiger partial charge in [-0.15, -0.1) is 0 Å². The third-order valence-electron chi connectivity index (χ3n) is 3.66. The van der Waals surface area contributed by atoms with Crippen LogP contribution < -0.4 is 4.74 Å². The molecule has 0 heterocycles. The van der Waals surface area contributed by atoms with Crippen LogP contribution in [-0.4, -0.2) is 14.5 Å². The van der Waals surface area contributed by atoms with Crippen LogP contribution in [0, 0.1) is 23.5 Å². The van der Waals surface area contributed by atoms with Gasteiger partial charge in [0.25, 0.3) is 9.05 Å². The summed E-state index contributed by atoms with van der Waals surface area (Å²) in [5.74, 6) is -1.75. The molecular formula is C14H17ClF2O3S. The second kappa shape index (κ2) is 6.08. The molecule has 118 valence electrons. The molecule has 7 heteroatoms. The Hall–Kier alpha value is -0.880. The molecule has 0 radical (unpaired) electrons. The van der Waals surface area contributed by atoms with Gasteiger partial charge in [-0.2, -0.15) is 0 Å². The average Bonchev–Trinajstić information content (AvgIpc) is 2.29. The van der Waals surface area contributed by atoms with Crippen molar-refractivity contribution in [1.82, 2.24) is 0 Å². The van der Waals surface area contributed by atoms with Gasteiger partial charge in [-0.3, -0.25) is 0 Å². The topological polar surface area (TPSA) is 43.4 Å². The summed E-state index contributed by atoms with van der Waals surface area (Å²) in [6.45, 7) is 4.12. The molecule has 0 aliphatic heterocycles. The lowest BCUT2D eigenvalue weighted by molar-refractivity contribution is 0.0939. The van der Waals surface area contributed by atoms with E-state index in [0.29, 0.717) is 36.8 Å². The highest BCUT2D eigenvalue weighted by Gasteiger charge is 2.29. The molecule has 0 spiro atoms. The molecule has 1 aromatic rings. The Kier molecular flexibility index (Phi) is 4.78. The third kappa shape index (κ3) is 4.07. The van der Waals surface area contributed by atoms with Crippen LogP contribution >= 0.6 is 10.7 Å². The van der Waals surface area contributed by atoms with Crippen LogP contribution in [0.5, 0.6) is 5.75 Å². The Balaban J connectivity index is 2.35. The molecule has 0 aromatic heterocycles. The van der Waals surface area contributed by atoms with E-state index >= 15 is 0 Å². The first kappa shape index (κ1) is 16.5. The van der Waals surface area contributed by atoms with Crippen molar-refractivity contribution >= 4 is 19.7 Å². The van der Waals surface area contributed by atoms with Crippen LogP contribution in [0.3, 0.4) is 0 Å². The molecule has 0 bridgehead atoms. The van der Waals surface area contributed by atoms with Crippen molar-refractivity contribution < 1.29 is 21.9 Å². The van der Waals surface area contributed by atoms with Crippen LogP contribution in [0.4, 0.5) is 8.78 Å². The summed E-state index contributed by atoms with van der Waals surface area (Å²) in [6.07, 6.45) is 2.14. The Morgan fingerprint density at radius 2 is 1.71 bits per heavy atom. The summed E-state index contributed by atoms with van der Waals surface area (Å²) >= 11 is 0. The highest BCUT2D eigenvalue weighted by Crippen LogP contribution is 2.36. The van der Waals surface area contributed by atoms with Crippen molar-refractivity contribution in [2.24, 2.45) is 11.8 Å². The Morgan fingerprint density at radius 1 is 1.14 bits per heavy atom. The SMILES string of the molecule is CC1CC(C)CC(Oc2c(F)cc(F)cc2S(=O)(=O)Cl)C1. The van der Waals surface area contributed by atoms with E-state index in [4.69, 9.17) is 15.4 Å². The summed E-state index contributed by atoms with van der Waals surface area (Å²) < 4.78 is 55.6. The molecule has 2 rings (SSSR count). The van der Waals surface area contributed by atoms with Gasteiger partial charge in [0.05, 0.1) is 6.10 Å². The minimum absolute atomic E-state index is 0.305. The molecule has 1 aliphatic carbocycles. The Morgan fingerprint density at radius 3 is 2.24 bits per heavy atom. The maximum atomic E-state index is 13.9. The van der Waals surface area contributed by atoms with Gasteiger partial charge >= 0.3 is 0 Å². The van der Waals surface area contributed by atoms with E-state index in [1.165, 1.54) is 0 Å². The second-order valence-electron chi connectivity index (χ2n) is 5.81. The molecular weight excluding hydrogens is 322 g/mol. The zero-order valence-electron chi connectivity index (χ0n) is 11.8. The summed E-state index contributed by atoms with van der Waals surface area (Å²) in [4.78, 5) is -0.660. The predicted octanol–water partition coefficient (Wildman–Crippen LogP) is 4.10. The first-order valence-electron chi connectivity index (χ1n) is 6.77. The quantitative estimate of drug-likeness (QED) is 0.779. The molecule has 1 aromatic carbocycles. The molecule has 21 heavy (non-hydrogen) atoms. The number of benzene rings is 1.